The highest BCUT2D eigenvalue weighted by Gasteiger charge is 2.14. The Hall–Kier alpha value is -2.44. The molecule has 0 bridgehead atoms. The van der Waals surface area contributed by atoms with Crippen molar-refractivity contribution in [3.8, 4) is 0 Å². The van der Waals surface area contributed by atoms with E-state index in [1.54, 1.807) is 6.92 Å². The second-order valence-electron chi connectivity index (χ2n) is 6.23. The molecule has 0 fully saturated rings. The standard InChI is InChI=1S/C18H15P.C6H12O2/c1-4-10-16(11-5-1)19(17-12-6-2-7-13-17)18-14-8-3-9-15-18;1-4-6(7)8-5(2)3/h1-15H;5H,4H2,1-3H3. The molecule has 0 spiro atoms. The van der Waals surface area contributed by atoms with Gasteiger partial charge in [-0.1, -0.05) is 97.9 Å². The maximum atomic E-state index is 10.4. The molecule has 3 aromatic carbocycles. The highest BCUT2D eigenvalue weighted by atomic mass is 31.1. The molecule has 0 saturated carbocycles. The first-order valence-corrected chi connectivity index (χ1v) is 10.6. The van der Waals surface area contributed by atoms with Crippen molar-refractivity contribution in [1.29, 1.82) is 0 Å². The van der Waals surface area contributed by atoms with Crippen molar-refractivity contribution in [2.24, 2.45) is 0 Å². The number of carbonyl (C=O) groups excluding carboxylic acids is 1. The smallest absolute Gasteiger partial charge is 0.305 e. The van der Waals surface area contributed by atoms with Crippen LogP contribution >= 0.6 is 7.92 Å². The Labute approximate surface area is 164 Å². The van der Waals surface area contributed by atoms with Gasteiger partial charge in [-0.3, -0.25) is 4.79 Å². The van der Waals surface area contributed by atoms with E-state index in [9.17, 15) is 4.79 Å². The Morgan fingerprint density at radius 2 is 1.07 bits per heavy atom. The Morgan fingerprint density at radius 1 is 0.741 bits per heavy atom. The maximum absolute atomic E-state index is 10.4. The third kappa shape index (κ3) is 7.00. The fourth-order valence-corrected chi connectivity index (χ4v) is 4.83. The van der Waals surface area contributed by atoms with Crippen LogP contribution < -0.4 is 15.9 Å². The molecule has 0 amide bonds. The number of esters is 1. The second kappa shape index (κ2) is 11.3. The van der Waals surface area contributed by atoms with Crippen LogP contribution in [0.25, 0.3) is 0 Å². The molecule has 0 aromatic heterocycles. The van der Waals surface area contributed by atoms with E-state index >= 15 is 0 Å². The number of hydrogen-bond donors (Lipinski definition) is 0. The second-order valence-corrected chi connectivity index (χ2v) is 8.45. The van der Waals surface area contributed by atoms with Gasteiger partial charge in [-0.2, -0.15) is 0 Å². The lowest BCUT2D eigenvalue weighted by Gasteiger charge is -2.18. The van der Waals surface area contributed by atoms with Crippen LogP contribution in [0.1, 0.15) is 27.2 Å². The van der Waals surface area contributed by atoms with Crippen molar-refractivity contribution >= 4 is 29.8 Å². The molecule has 0 saturated heterocycles. The molecule has 2 nitrogen and oxygen atoms in total. The zero-order valence-electron chi connectivity index (χ0n) is 16.2. The lowest BCUT2D eigenvalue weighted by Crippen LogP contribution is -2.20. The summed E-state index contributed by atoms with van der Waals surface area (Å²) in [5.74, 6) is -0.125. The average Bonchev–Trinajstić information content (AvgIpc) is 2.71. The molecular formula is C24H27O2P. The van der Waals surface area contributed by atoms with Gasteiger partial charge < -0.3 is 4.74 Å². The van der Waals surface area contributed by atoms with E-state index in [0.717, 1.165) is 0 Å². The summed E-state index contributed by atoms with van der Waals surface area (Å²) in [6.45, 7) is 5.46. The Bertz CT molecular complexity index is 692. The number of benzene rings is 3. The van der Waals surface area contributed by atoms with Crippen molar-refractivity contribution in [2.75, 3.05) is 0 Å². The first-order chi connectivity index (χ1) is 13.1. The Kier molecular flexibility index (Phi) is 8.74. The van der Waals surface area contributed by atoms with E-state index in [4.69, 9.17) is 4.74 Å². The van der Waals surface area contributed by atoms with Gasteiger partial charge in [-0.05, 0) is 37.7 Å². The summed E-state index contributed by atoms with van der Waals surface area (Å²) in [5, 5.41) is 4.19. The summed E-state index contributed by atoms with van der Waals surface area (Å²) in [5.41, 5.74) is 0. The summed E-state index contributed by atoms with van der Waals surface area (Å²) in [6.07, 6.45) is 0.500. The molecule has 0 radical (unpaired) electrons. The van der Waals surface area contributed by atoms with E-state index in [2.05, 4.69) is 91.0 Å². The molecule has 0 heterocycles. The fraction of sp³-hybridized carbons (Fsp3) is 0.208. The van der Waals surface area contributed by atoms with E-state index in [1.165, 1.54) is 15.9 Å². The quantitative estimate of drug-likeness (QED) is 0.471. The summed E-state index contributed by atoms with van der Waals surface area (Å²) in [4.78, 5) is 10.4. The van der Waals surface area contributed by atoms with Crippen molar-refractivity contribution in [2.45, 2.75) is 33.3 Å². The molecule has 3 heteroatoms. The number of rotatable bonds is 5. The van der Waals surface area contributed by atoms with Crippen molar-refractivity contribution in [3.63, 3.8) is 0 Å². The highest BCUT2D eigenvalue weighted by Crippen LogP contribution is 2.32. The molecule has 0 atom stereocenters. The first kappa shape index (κ1) is 20.9. The van der Waals surface area contributed by atoms with E-state index < -0.39 is 7.92 Å². The molecule has 3 aromatic rings. The zero-order chi connectivity index (χ0) is 19.5. The van der Waals surface area contributed by atoms with Crippen molar-refractivity contribution < 1.29 is 9.53 Å². The summed E-state index contributed by atoms with van der Waals surface area (Å²) in [7, 11) is -0.446. The van der Waals surface area contributed by atoms with Gasteiger partial charge >= 0.3 is 5.97 Å². The number of hydrogen-bond acceptors (Lipinski definition) is 2. The van der Waals surface area contributed by atoms with E-state index in [0.29, 0.717) is 6.42 Å². The first-order valence-electron chi connectivity index (χ1n) is 9.26. The van der Waals surface area contributed by atoms with Gasteiger partial charge in [0.25, 0.3) is 0 Å². The number of carbonyl (C=O) groups is 1. The lowest BCUT2D eigenvalue weighted by atomic mass is 10.4. The lowest BCUT2D eigenvalue weighted by molar-refractivity contribution is -0.146. The number of ether oxygens (including phenoxy) is 1. The molecule has 0 N–H and O–H groups in total. The molecule has 0 aliphatic heterocycles. The van der Waals surface area contributed by atoms with Gasteiger partial charge in [0.05, 0.1) is 6.10 Å². The summed E-state index contributed by atoms with van der Waals surface area (Å²) < 4.78 is 4.76. The van der Waals surface area contributed by atoms with Gasteiger partial charge in [0.1, 0.15) is 0 Å². The molecule has 0 aliphatic rings. The maximum Gasteiger partial charge on any atom is 0.305 e. The predicted octanol–water partition coefficient (Wildman–Crippen LogP) is 4.79. The average molecular weight is 378 g/mol. The Balaban J connectivity index is 0.000000279. The van der Waals surface area contributed by atoms with Crippen LogP contribution in [-0.4, -0.2) is 12.1 Å². The molecule has 140 valence electrons. The van der Waals surface area contributed by atoms with Crippen LogP contribution in [0.3, 0.4) is 0 Å². The van der Waals surface area contributed by atoms with Crippen LogP contribution in [0.2, 0.25) is 0 Å². The van der Waals surface area contributed by atoms with E-state index in [-0.39, 0.29) is 12.1 Å². The van der Waals surface area contributed by atoms with Crippen LogP contribution in [-0.2, 0) is 9.53 Å². The van der Waals surface area contributed by atoms with Crippen LogP contribution in [0.5, 0.6) is 0 Å². The monoisotopic (exact) mass is 378 g/mol. The molecular weight excluding hydrogens is 351 g/mol. The molecule has 0 aliphatic carbocycles. The SMILES string of the molecule is CCC(=O)OC(C)C.c1ccc(P(c2ccccc2)c2ccccc2)cc1. The van der Waals surface area contributed by atoms with Crippen LogP contribution in [0.15, 0.2) is 91.0 Å². The zero-order valence-corrected chi connectivity index (χ0v) is 17.1. The van der Waals surface area contributed by atoms with Gasteiger partial charge in [0, 0.05) is 6.42 Å². The molecule has 3 rings (SSSR count). The minimum atomic E-state index is -0.446. The Morgan fingerprint density at radius 3 is 1.30 bits per heavy atom. The normalized spacial score (nSPS) is 10.3. The fourth-order valence-electron chi connectivity index (χ4n) is 2.52. The minimum absolute atomic E-state index is 0.0300. The third-order valence-electron chi connectivity index (χ3n) is 3.70. The minimum Gasteiger partial charge on any atom is -0.463 e. The molecule has 0 unspecified atom stereocenters. The predicted molar refractivity (Wildman–Crippen MR) is 117 cm³/mol. The van der Waals surface area contributed by atoms with Crippen LogP contribution in [0, 0.1) is 0 Å². The van der Waals surface area contributed by atoms with Gasteiger partial charge in [0.15, 0.2) is 0 Å². The third-order valence-corrected chi connectivity index (χ3v) is 6.14. The van der Waals surface area contributed by atoms with Crippen molar-refractivity contribution in [3.05, 3.63) is 91.0 Å². The largest absolute Gasteiger partial charge is 0.463 e. The van der Waals surface area contributed by atoms with Gasteiger partial charge in [0.2, 0.25) is 0 Å². The summed E-state index contributed by atoms with van der Waals surface area (Å²) in [6, 6.07) is 32.3. The topological polar surface area (TPSA) is 26.3 Å². The van der Waals surface area contributed by atoms with Gasteiger partial charge in [-0.25, -0.2) is 0 Å². The van der Waals surface area contributed by atoms with Crippen molar-refractivity contribution in [1.82, 2.24) is 0 Å². The van der Waals surface area contributed by atoms with Gasteiger partial charge in [-0.15, -0.1) is 0 Å². The van der Waals surface area contributed by atoms with Crippen LogP contribution in [0.4, 0.5) is 0 Å². The molecule has 27 heavy (non-hydrogen) atoms. The summed E-state index contributed by atoms with van der Waals surface area (Å²) >= 11 is 0. The highest BCUT2D eigenvalue weighted by molar-refractivity contribution is 7.79. The van der Waals surface area contributed by atoms with E-state index in [1.807, 2.05) is 13.8 Å².